The van der Waals surface area contributed by atoms with Crippen molar-refractivity contribution >= 4 is 27.3 Å². The van der Waals surface area contributed by atoms with E-state index in [1.165, 1.54) is 15.6 Å². The molecule has 1 aromatic carbocycles. The SMILES string of the molecule is Cc1ccc2c(c1)OC(C)(C)C[C@H]2NC(=O)C1CCN(S(=O)(=O)c2cccs2)CC1. The van der Waals surface area contributed by atoms with Gasteiger partial charge in [-0.1, -0.05) is 18.2 Å². The van der Waals surface area contributed by atoms with Crippen LogP contribution in [0.15, 0.2) is 39.9 Å². The number of thiophene rings is 1. The van der Waals surface area contributed by atoms with Crippen molar-refractivity contribution < 1.29 is 17.9 Å². The summed E-state index contributed by atoms with van der Waals surface area (Å²) in [4.78, 5) is 13.0. The molecule has 30 heavy (non-hydrogen) atoms. The van der Waals surface area contributed by atoms with Crippen LogP contribution in [-0.4, -0.2) is 37.3 Å². The highest BCUT2D eigenvalue weighted by molar-refractivity contribution is 7.91. The zero-order chi connectivity index (χ0) is 21.5. The van der Waals surface area contributed by atoms with Crippen molar-refractivity contribution in [1.29, 1.82) is 0 Å². The van der Waals surface area contributed by atoms with E-state index < -0.39 is 10.0 Å². The van der Waals surface area contributed by atoms with Crippen LogP contribution in [0.2, 0.25) is 0 Å². The van der Waals surface area contributed by atoms with Crippen LogP contribution in [0.3, 0.4) is 0 Å². The van der Waals surface area contributed by atoms with Gasteiger partial charge in [0.05, 0.1) is 6.04 Å². The molecule has 0 spiro atoms. The van der Waals surface area contributed by atoms with Gasteiger partial charge in [-0.25, -0.2) is 8.42 Å². The van der Waals surface area contributed by atoms with Gasteiger partial charge >= 0.3 is 0 Å². The second-order valence-electron chi connectivity index (χ2n) is 8.78. The molecule has 6 nitrogen and oxygen atoms in total. The van der Waals surface area contributed by atoms with E-state index in [0.717, 1.165) is 16.9 Å². The number of hydrogen-bond acceptors (Lipinski definition) is 5. The van der Waals surface area contributed by atoms with Gasteiger partial charge in [0, 0.05) is 31.0 Å². The quantitative estimate of drug-likeness (QED) is 0.770. The summed E-state index contributed by atoms with van der Waals surface area (Å²) < 4.78 is 33.4. The smallest absolute Gasteiger partial charge is 0.252 e. The Morgan fingerprint density at radius 2 is 1.97 bits per heavy atom. The Hall–Kier alpha value is -1.90. The van der Waals surface area contributed by atoms with E-state index in [0.29, 0.717) is 36.6 Å². The van der Waals surface area contributed by atoms with Crippen molar-refractivity contribution in [2.24, 2.45) is 5.92 Å². The zero-order valence-electron chi connectivity index (χ0n) is 17.6. The molecule has 3 heterocycles. The molecule has 0 unspecified atom stereocenters. The van der Waals surface area contributed by atoms with Gasteiger partial charge in [-0.2, -0.15) is 4.31 Å². The second-order valence-corrected chi connectivity index (χ2v) is 11.9. The average molecular weight is 449 g/mol. The van der Waals surface area contributed by atoms with Crippen LogP contribution in [0.4, 0.5) is 0 Å². The molecule has 0 saturated carbocycles. The van der Waals surface area contributed by atoms with E-state index in [1.54, 1.807) is 17.5 Å². The number of benzene rings is 1. The lowest BCUT2D eigenvalue weighted by Gasteiger charge is -2.39. The molecule has 1 aromatic heterocycles. The molecule has 1 fully saturated rings. The zero-order valence-corrected chi connectivity index (χ0v) is 19.2. The number of carbonyl (C=O) groups is 1. The normalized spacial score (nSPS) is 22.2. The summed E-state index contributed by atoms with van der Waals surface area (Å²) in [6.07, 6.45) is 1.76. The van der Waals surface area contributed by atoms with Gasteiger partial charge in [0.25, 0.3) is 10.0 Å². The van der Waals surface area contributed by atoms with Gasteiger partial charge in [0.15, 0.2) is 0 Å². The Balaban J connectivity index is 1.42. The first-order valence-electron chi connectivity index (χ1n) is 10.3. The number of ether oxygens (including phenoxy) is 1. The molecule has 1 amide bonds. The van der Waals surface area contributed by atoms with Gasteiger partial charge < -0.3 is 10.1 Å². The molecular formula is C22H28N2O4S2. The van der Waals surface area contributed by atoms with Crippen LogP contribution in [0.1, 0.15) is 50.3 Å². The Morgan fingerprint density at radius 1 is 1.23 bits per heavy atom. The molecule has 1 N–H and O–H groups in total. The van der Waals surface area contributed by atoms with Crippen molar-refractivity contribution in [2.45, 2.75) is 55.9 Å². The van der Waals surface area contributed by atoms with Crippen LogP contribution in [0, 0.1) is 12.8 Å². The fraction of sp³-hybridized carbons (Fsp3) is 0.500. The molecule has 1 atom stereocenters. The predicted molar refractivity (Wildman–Crippen MR) is 117 cm³/mol. The highest BCUT2D eigenvalue weighted by Gasteiger charge is 2.37. The minimum Gasteiger partial charge on any atom is -0.487 e. The minimum atomic E-state index is -3.45. The van der Waals surface area contributed by atoms with Gasteiger partial charge in [-0.3, -0.25) is 4.79 Å². The van der Waals surface area contributed by atoms with Gasteiger partial charge in [0.2, 0.25) is 5.91 Å². The topological polar surface area (TPSA) is 75.7 Å². The maximum Gasteiger partial charge on any atom is 0.252 e. The van der Waals surface area contributed by atoms with Crippen LogP contribution in [0.5, 0.6) is 5.75 Å². The lowest BCUT2D eigenvalue weighted by molar-refractivity contribution is -0.127. The second kappa shape index (κ2) is 7.98. The van der Waals surface area contributed by atoms with E-state index >= 15 is 0 Å². The van der Waals surface area contributed by atoms with E-state index in [1.807, 2.05) is 39.0 Å². The first-order chi connectivity index (χ1) is 14.2. The molecule has 1 saturated heterocycles. The third-order valence-electron chi connectivity index (χ3n) is 5.86. The maximum atomic E-state index is 13.0. The summed E-state index contributed by atoms with van der Waals surface area (Å²) in [6, 6.07) is 9.35. The third-order valence-corrected chi connectivity index (χ3v) is 9.13. The molecule has 4 rings (SSSR count). The fourth-order valence-electron chi connectivity index (χ4n) is 4.27. The summed E-state index contributed by atoms with van der Waals surface area (Å²) in [6.45, 7) is 6.83. The number of piperidine rings is 1. The van der Waals surface area contributed by atoms with Crippen molar-refractivity contribution in [3.8, 4) is 5.75 Å². The molecule has 162 valence electrons. The predicted octanol–water partition coefficient (Wildman–Crippen LogP) is 3.88. The highest BCUT2D eigenvalue weighted by Crippen LogP contribution is 2.40. The standard InChI is InChI=1S/C22H28N2O4S2/c1-15-6-7-17-18(14-22(2,3)28-19(17)13-15)23-21(25)16-8-10-24(11-9-16)30(26,27)20-5-4-12-29-20/h4-7,12-13,16,18H,8-11,14H2,1-3H3,(H,23,25)/t18-/m1/s1. The fourth-order valence-corrected chi connectivity index (χ4v) is 6.89. The number of rotatable bonds is 4. The molecule has 0 aliphatic carbocycles. The number of amides is 1. The summed E-state index contributed by atoms with van der Waals surface area (Å²) in [5.74, 6) is 0.644. The van der Waals surface area contributed by atoms with Crippen LogP contribution < -0.4 is 10.1 Å². The minimum absolute atomic E-state index is 0.00241. The van der Waals surface area contributed by atoms with Gasteiger partial charge in [-0.15, -0.1) is 11.3 Å². The lowest BCUT2D eigenvalue weighted by atomic mass is 9.88. The summed E-state index contributed by atoms with van der Waals surface area (Å²) >= 11 is 1.23. The number of hydrogen-bond donors (Lipinski definition) is 1. The molecule has 2 aliphatic heterocycles. The maximum absolute atomic E-state index is 13.0. The first kappa shape index (κ1) is 21.3. The Kier molecular flexibility index (Phi) is 5.67. The van der Waals surface area contributed by atoms with Gasteiger partial charge in [-0.05, 0) is 56.7 Å². The van der Waals surface area contributed by atoms with Gasteiger partial charge in [0.1, 0.15) is 15.6 Å². The first-order valence-corrected chi connectivity index (χ1v) is 12.6. The number of carbonyl (C=O) groups excluding carboxylic acids is 1. The summed E-state index contributed by atoms with van der Waals surface area (Å²) in [5.41, 5.74) is 1.76. The Labute approximate surface area is 182 Å². The number of aryl methyl sites for hydroxylation is 1. The van der Waals surface area contributed by atoms with E-state index in [2.05, 4.69) is 5.32 Å². The van der Waals surface area contributed by atoms with E-state index in [9.17, 15) is 13.2 Å². The highest BCUT2D eigenvalue weighted by atomic mass is 32.2. The molecule has 2 aromatic rings. The average Bonchev–Trinajstić information content (AvgIpc) is 3.22. The molecule has 2 aliphatic rings. The largest absolute Gasteiger partial charge is 0.487 e. The molecule has 8 heteroatoms. The summed E-state index contributed by atoms with van der Waals surface area (Å²) in [5, 5.41) is 4.98. The van der Waals surface area contributed by atoms with Crippen molar-refractivity contribution in [1.82, 2.24) is 9.62 Å². The molecule has 0 radical (unpaired) electrons. The number of nitrogens with one attached hydrogen (secondary N) is 1. The number of fused-ring (bicyclic) bond motifs is 1. The molecule has 0 bridgehead atoms. The lowest BCUT2D eigenvalue weighted by Crippen LogP contribution is -2.46. The number of sulfonamides is 1. The Morgan fingerprint density at radius 3 is 2.63 bits per heavy atom. The third kappa shape index (κ3) is 4.26. The van der Waals surface area contributed by atoms with Crippen molar-refractivity contribution in [3.05, 3.63) is 46.8 Å². The van der Waals surface area contributed by atoms with E-state index in [-0.39, 0.29) is 23.5 Å². The van der Waals surface area contributed by atoms with E-state index in [4.69, 9.17) is 4.74 Å². The van der Waals surface area contributed by atoms with Crippen molar-refractivity contribution in [3.63, 3.8) is 0 Å². The Bertz CT molecular complexity index is 1020. The molecular weight excluding hydrogens is 420 g/mol. The number of nitrogens with zero attached hydrogens (tertiary/aromatic N) is 1. The van der Waals surface area contributed by atoms with Crippen molar-refractivity contribution in [2.75, 3.05) is 13.1 Å². The van der Waals surface area contributed by atoms with Crippen LogP contribution in [-0.2, 0) is 14.8 Å². The monoisotopic (exact) mass is 448 g/mol. The summed E-state index contributed by atoms with van der Waals surface area (Å²) in [7, 11) is -3.45. The van der Waals surface area contributed by atoms with Crippen LogP contribution >= 0.6 is 11.3 Å². The van der Waals surface area contributed by atoms with Crippen LogP contribution in [0.25, 0.3) is 0 Å².